The number of halogens is 1. The molecule has 4 aromatic rings. The van der Waals surface area contributed by atoms with Crippen LogP contribution in [0.5, 0.6) is 5.88 Å². The van der Waals surface area contributed by atoms with Crippen LogP contribution in [-0.2, 0) is 6.54 Å². The van der Waals surface area contributed by atoms with Crippen molar-refractivity contribution in [2.24, 2.45) is 0 Å². The van der Waals surface area contributed by atoms with Crippen LogP contribution in [0, 0.1) is 19.7 Å². The van der Waals surface area contributed by atoms with E-state index in [0.29, 0.717) is 5.69 Å². The number of hydrogen-bond donors (Lipinski definition) is 2. The fourth-order valence-corrected chi connectivity index (χ4v) is 3.64. The van der Waals surface area contributed by atoms with Gasteiger partial charge in [-0.3, -0.25) is 0 Å². The third kappa shape index (κ3) is 3.38. The summed E-state index contributed by atoms with van der Waals surface area (Å²) in [6, 6.07) is 11.8. The van der Waals surface area contributed by atoms with Crippen LogP contribution >= 0.6 is 0 Å². The number of aryl methyl sites for hydroxylation is 1. The van der Waals surface area contributed by atoms with Gasteiger partial charge < -0.3 is 14.8 Å². The van der Waals surface area contributed by atoms with Gasteiger partial charge >= 0.3 is 0 Å². The van der Waals surface area contributed by atoms with Gasteiger partial charge in [-0.2, -0.15) is 0 Å². The van der Waals surface area contributed by atoms with Crippen molar-refractivity contribution in [3.8, 4) is 22.8 Å². The normalized spacial score (nSPS) is 12.1. The molecule has 150 valence electrons. The van der Waals surface area contributed by atoms with E-state index in [-0.39, 0.29) is 18.2 Å². The predicted molar refractivity (Wildman–Crippen MR) is 110 cm³/mol. The van der Waals surface area contributed by atoms with Gasteiger partial charge in [0.05, 0.1) is 23.5 Å². The Kier molecular flexibility index (Phi) is 4.42. The second kappa shape index (κ2) is 6.70. The zero-order valence-corrected chi connectivity index (χ0v) is 16.8. The van der Waals surface area contributed by atoms with E-state index < -0.39 is 5.60 Å². The molecule has 7 heteroatoms. The molecule has 6 nitrogen and oxygen atoms in total. The monoisotopic (exact) mass is 394 g/mol. The summed E-state index contributed by atoms with van der Waals surface area (Å²) < 4.78 is 16.6. The zero-order chi connectivity index (χ0) is 20.9. The van der Waals surface area contributed by atoms with Crippen LogP contribution in [0.25, 0.3) is 27.7 Å². The fourth-order valence-electron chi connectivity index (χ4n) is 3.64. The first kappa shape index (κ1) is 19.1. The third-order valence-corrected chi connectivity index (χ3v) is 5.10. The lowest BCUT2D eigenvalue weighted by atomic mass is 10.1. The van der Waals surface area contributed by atoms with Gasteiger partial charge in [0.1, 0.15) is 11.5 Å². The molecule has 0 unspecified atom stereocenters. The number of aromatic nitrogens is 4. The summed E-state index contributed by atoms with van der Waals surface area (Å²) in [5.41, 5.74) is 3.05. The number of nitrogens with zero attached hydrogens (tertiary/aromatic N) is 4. The average molecular weight is 394 g/mol. The molecule has 2 aromatic heterocycles. The van der Waals surface area contributed by atoms with E-state index in [1.807, 2.05) is 32.0 Å². The van der Waals surface area contributed by atoms with E-state index in [2.05, 4.69) is 10.3 Å². The quantitative estimate of drug-likeness (QED) is 0.546. The van der Waals surface area contributed by atoms with Gasteiger partial charge in [-0.25, -0.2) is 9.07 Å². The molecule has 4 rings (SSSR count). The molecule has 2 N–H and O–H groups in total. The van der Waals surface area contributed by atoms with Crippen molar-refractivity contribution in [3.63, 3.8) is 0 Å². The average Bonchev–Trinajstić information content (AvgIpc) is 3.15. The number of aliphatic hydroxyl groups is 1. The van der Waals surface area contributed by atoms with Gasteiger partial charge in [0.25, 0.3) is 0 Å². The molecule has 0 spiro atoms. The van der Waals surface area contributed by atoms with Crippen molar-refractivity contribution in [2.45, 2.75) is 39.8 Å². The maximum absolute atomic E-state index is 13.2. The summed E-state index contributed by atoms with van der Waals surface area (Å²) in [5, 5.41) is 30.9. The molecule has 0 atom stereocenters. The fraction of sp³-hybridized carbons (Fsp3) is 0.273. The Morgan fingerprint density at radius 1 is 1.00 bits per heavy atom. The number of hydrogen-bond acceptors (Lipinski definition) is 4. The summed E-state index contributed by atoms with van der Waals surface area (Å²) >= 11 is 0. The summed E-state index contributed by atoms with van der Waals surface area (Å²) in [4.78, 5) is 0. The Hall–Kier alpha value is -3.19. The molecule has 0 fully saturated rings. The molecule has 0 amide bonds. The van der Waals surface area contributed by atoms with Gasteiger partial charge in [-0.05, 0) is 64.1 Å². The van der Waals surface area contributed by atoms with Crippen LogP contribution in [0.1, 0.15) is 25.2 Å². The minimum absolute atomic E-state index is 0.137. The third-order valence-electron chi connectivity index (χ3n) is 5.10. The predicted octanol–water partition coefficient (Wildman–Crippen LogP) is 4.12. The molecule has 2 heterocycles. The largest absolute Gasteiger partial charge is 0.494 e. The first-order valence-electron chi connectivity index (χ1n) is 9.38. The molecule has 0 radical (unpaired) electrons. The molecule has 0 saturated heterocycles. The van der Waals surface area contributed by atoms with Gasteiger partial charge in [0.15, 0.2) is 5.88 Å². The zero-order valence-electron chi connectivity index (χ0n) is 16.8. The maximum atomic E-state index is 13.2. The molecular weight excluding hydrogens is 371 g/mol. The standard InChI is InChI=1S/C22H23FN4O2/c1-13-19-11-15(5-10-18(19)21(28)26(13)12-22(3,4)29)20-14(2)27(25-24-20)17-8-6-16(23)7-9-17/h5-11,28-29H,12H2,1-4H3. The van der Waals surface area contributed by atoms with E-state index in [1.54, 1.807) is 35.2 Å². The van der Waals surface area contributed by atoms with Crippen molar-refractivity contribution < 1.29 is 14.6 Å². The number of aromatic hydroxyl groups is 1. The molecule has 0 saturated carbocycles. The van der Waals surface area contributed by atoms with Crippen LogP contribution in [0.15, 0.2) is 42.5 Å². The van der Waals surface area contributed by atoms with Crippen molar-refractivity contribution in [1.82, 2.24) is 19.6 Å². The second-order valence-corrected chi connectivity index (χ2v) is 7.98. The Labute approximate surface area is 167 Å². The van der Waals surface area contributed by atoms with Gasteiger partial charge in [0, 0.05) is 22.0 Å². The van der Waals surface area contributed by atoms with E-state index in [4.69, 9.17) is 0 Å². The Balaban J connectivity index is 1.79. The highest BCUT2D eigenvalue weighted by Crippen LogP contribution is 2.35. The number of benzene rings is 2. The maximum Gasteiger partial charge on any atom is 0.199 e. The van der Waals surface area contributed by atoms with Crippen LogP contribution in [-0.4, -0.2) is 35.4 Å². The molecular formula is C22H23FN4O2. The van der Waals surface area contributed by atoms with Crippen LogP contribution in [0.4, 0.5) is 4.39 Å². The summed E-state index contributed by atoms with van der Waals surface area (Å²) in [5.74, 6) is -0.166. The summed E-state index contributed by atoms with van der Waals surface area (Å²) in [6.07, 6.45) is 0. The van der Waals surface area contributed by atoms with Crippen molar-refractivity contribution >= 4 is 10.8 Å². The van der Waals surface area contributed by atoms with Gasteiger partial charge in [0.2, 0.25) is 0 Å². The number of fused-ring (bicyclic) bond motifs is 1. The summed E-state index contributed by atoms with van der Waals surface area (Å²) in [7, 11) is 0. The van der Waals surface area contributed by atoms with Gasteiger partial charge in [-0.1, -0.05) is 11.3 Å². The first-order valence-corrected chi connectivity index (χ1v) is 9.38. The lowest BCUT2D eigenvalue weighted by Crippen LogP contribution is -2.26. The van der Waals surface area contributed by atoms with E-state index >= 15 is 0 Å². The Morgan fingerprint density at radius 3 is 2.34 bits per heavy atom. The minimum Gasteiger partial charge on any atom is -0.494 e. The topological polar surface area (TPSA) is 76.1 Å². The van der Waals surface area contributed by atoms with Gasteiger partial charge in [-0.15, -0.1) is 5.10 Å². The molecule has 0 bridgehead atoms. The first-order chi connectivity index (χ1) is 13.7. The highest BCUT2D eigenvalue weighted by atomic mass is 19.1. The minimum atomic E-state index is -0.950. The van der Waals surface area contributed by atoms with Crippen molar-refractivity contribution in [2.75, 3.05) is 0 Å². The Bertz CT molecular complexity index is 1200. The smallest absolute Gasteiger partial charge is 0.199 e. The van der Waals surface area contributed by atoms with Crippen LogP contribution in [0.2, 0.25) is 0 Å². The molecule has 29 heavy (non-hydrogen) atoms. The van der Waals surface area contributed by atoms with Crippen molar-refractivity contribution in [3.05, 3.63) is 59.7 Å². The molecule has 0 aliphatic rings. The Morgan fingerprint density at radius 2 is 1.69 bits per heavy atom. The lowest BCUT2D eigenvalue weighted by molar-refractivity contribution is 0.0588. The second-order valence-electron chi connectivity index (χ2n) is 7.98. The van der Waals surface area contributed by atoms with Crippen LogP contribution in [0.3, 0.4) is 0 Å². The molecule has 2 aromatic carbocycles. The van der Waals surface area contributed by atoms with Crippen LogP contribution < -0.4 is 0 Å². The van der Waals surface area contributed by atoms with E-state index in [1.165, 1.54) is 12.1 Å². The highest BCUT2D eigenvalue weighted by Gasteiger charge is 2.21. The highest BCUT2D eigenvalue weighted by molar-refractivity contribution is 5.93. The molecule has 0 aliphatic carbocycles. The molecule has 0 aliphatic heterocycles. The van der Waals surface area contributed by atoms with Crippen molar-refractivity contribution in [1.29, 1.82) is 0 Å². The summed E-state index contributed by atoms with van der Waals surface area (Å²) in [6.45, 7) is 7.53. The van der Waals surface area contributed by atoms with E-state index in [0.717, 1.165) is 33.4 Å². The van der Waals surface area contributed by atoms with E-state index in [9.17, 15) is 14.6 Å². The lowest BCUT2D eigenvalue weighted by Gasteiger charge is -2.19. The SMILES string of the molecule is Cc1c(-c2ccc3c(O)n(CC(C)(C)O)c(C)c3c2)nnn1-c1ccc(F)cc1. The number of rotatable bonds is 4.